The minimum atomic E-state index is -0.853. The molecular weight excluding hydrogens is 119 g/mol. The quantitative estimate of drug-likeness (QED) is 0.394. The van der Waals surface area contributed by atoms with Gasteiger partial charge in [0.15, 0.2) is 0 Å². The molecule has 0 saturated heterocycles. The number of aliphatic carboxylic acids is 1. The molecule has 0 aromatic carbocycles. The normalized spacial score (nSPS) is 7.62. The van der Waals surface area contributed by atoms with Gasteiger partial charge in [-0.3, -0.25) is 4.79 Å². The van der Waals surface area contributed by atoms with Gasteiger partial charge in [0.25, 0.3) is 0 Å². The van der Waals surface area contributed by atoms with E-state index in [2.05, 4.69) is 0 Å². The second kappa shape index (κ2) is 7.43. The number of hydrogen-bond acceptors (Lipinski definition) is 2. The van der Waals surface area contributed by atoms with Crippen molar-refractivity contribution in [2.75, 3.05) is 6.61 Å². The third-order valence-corrected chi connectivity index (χ3v) is 0.549. The Kier molecular flexibility index (Phi) is 10.5. The molecule has 0 aliphatic carbocycles. The van der Waals surface area contributed by atoms with Crippen LogP contribution in [0.15, 0.2) is 0 Å². The van der Waals surface area contributed by atoms with Crippen LogP contribution in [0.1, 0.15) is 12.8 Å². The summed E-state index contributed by atoms with van der Waals surface area (Å²) in [6.07, 6.45) is 0.422. The van der Waals surface area contributed by atoms with Crippen molar-refractivity contribution >= 4 is 5.97 Å². The fraction of sp³-hybridized carbons (Fsp3) is 0.750. The van der Waals surface area contributed by atoms with Gasteiger partial charge >= 0.3 is 35.5 Å². The van der Waals surface area contributed by atoms with E-state index in [1.807, 2.05) is 0 Å². The standard InChI is InChI=1S/C4H8O3.Na/c5-3-1-2-4(6)7;/h5H,1-3H2,(H,6,7);/q;+1. The van der Waals surface area contributed by atoms with Crippen molar-refractivity contribution in [2.45, 2.75) is 12.8 Å². The van der Waals surface area contributed by atoms with E-state index in [9.17, 15) is 4.79 Å². The Hall–Kier alpha value is 0.430. The van der Waals surface area contributed by atoms with Crippen LogP contribution in [0.3, 0.4) is 0 Å². The van der Waals surface area contributed by atoms with Gasteiger partial charge in [-0.15, -0.1) is 0 Å². The third-order valence-electron chi connectivity index (χ3n) is 0.549. The molecule has 2 N–H and O–H groups in total. The minimum absolute atomic E-state index is 0. The largest absolute Gasteiger partial charge is 1.00 e. The first-order valence-corrected chi connectivity index (χ1v) is 2.10. The van der Waals surface area contributed by atoms with Crippen molar-refractivity contribution in [1.29, 1.82) is 0 Å². The molecule has 42 valence electrons. The second-order valence-electron chi connectivity index (χ2n) is 1.22. The molecule has 0 heterocycles. The first-order chi connectivity index (χ1) is 3.27. The van der Waals surface area contributed by atoms with E-state index in [0.29, 0.717) is 6.42 Å². The monoisotopic (exact) mass is 127 g/mol. The maximum absolute atomic E-state index is 9.65. The fourth-order valence-electron chi connectivity index (χ4n) is 0.230. The molecule has 4 heteroatoms. The molecule has 0 aromatic heterocycles. The predicted octanol–water partition coefficient (Wildman–Crippen LogP) is -3.15. The number of aliphatic hydroxyl groups excluding tert-OH is 1. The smallest absolute Gasteiger partial charge is 0.481 e. The zero-order valence-corrected chi connectivity index (χ0v) is 6.92. The number of aliphatic hydroxyl groups is 1. The Morgan fingerprint density at radius 1 is 1.50 bits per heavy atom. The van der Waals surface area contributed by atoms with Gasteiger partial charge in [-0.25, -0.2) is 0 Å². The molecule has 0 aliphatic heterocycles. The molecule has 0 rings (SSSR count). The van der Waals surface area contributed by atoms with Gasteiger partial charge in [-0.05, 0) is 6.42 Å². The summed E-state index contributed by atoms with van der Waals surface area (Å²) in [5, 5.41) is 16.0. The zero-order chi connectivity index (χ0) is 5.70. The van der Waals surface area contributed by atoms with Gasteiger partial charge in [-0.2, -0.15) is 0 Å². The van der Waals surface area contributed by atoms with Crippen molar-refractivity contribution in [3.63, 3.8) is 0 Å². The van der Waals surface area contributed by atoms with Gasteiger partial charge in [0.1, 0.15) is 0 Å². The van der Waals surface area contributed by atoms with Crippen molar-refractivity contribution in [2.24, 2.45) is 0 Å². The summed E-state index contributed by atoms with van der Waals surface area (Å²) in [6, 6.07) is 0. The van der Waals surface area contributed by atoms with Crippen molar-refractivity contribution in [1.82, 2.24) is 0 Å². The molecule has 0 atom stereocenters. The average Bonchev–Trinajstić information content (AvgIpc) is 1.61. The second-order valence-corrected chi connectivity index (χ2v) is 1.22. The van der Waals surface area contributed by atoms with Crippen LogP contribution in [0.5, 0.6) is 0 Å². The van der Waals surface area contributed by atoms with E-state index in [0.717, 1.165) is 0 Å². The molecule has 0 saturated carbocycles. The first kappa shape index (κ1) is 11.3. The van der Waals surface area contributed by atoms with Gasteiger partial charge < -0.3 is 10.2 Å². The van der Waals surface area contributed by atoms with Crippen LogP contribution in [0.25, 0.3) is 0 Å². The summed E-state index contributed by atoms with van der Waals surface area (Å²) < 4.78 is 0. The Morgan fingerprint density at radius 3 is 2.12 bits per heavy atom. The number of rotatable bonds is 3. The van der Waals surface area contributed by atoms with E-state index in [4.69, 9.17) is 10.2 Å². The summed E-state index contributed by atoms with van der Waals surface area (Å²) in [7, 11) is 0. The van der Waals surface area contributed by atoms with Crippen molar-refractivity contribution in [3.05, 3.63) is 0 Å². The summed E-state index contributed by atoms with van der Waals surface area (Å²) in [4.78, 5) is 9.65. The van der Waals surface area contributed by atoms with Crippen LogP contribution in [0.4, 0.5) is 0 Å². The van der Waals surface area contributed by atoms with Gasteiger partial charge in [0.2, 0.25) is 0 Å². The number of carboxylic acids is 1. The van der Waals surface area contributed by atoms with Gasteiger partial charge in [-0.1, -0.05) is 0 Å². The molecule has 8 heavy (non-hydrogen) atoms. The predicted molar refractivity (Wildman–Crippen MR) is 24.0 cm³/mol. The summed E-state index contributed by atoms with van der Waals surface area (Å²) in [5.41, 5.74) is 0. The number of carboxylic acid groups (broad SMARTS) is 1. The minimum Gasteiger partial charge on any atom is -0.481 e. The molecule has 0 fully saturated rings. The average molecular weight is 127 g/mol. The van der Waals surface area contributed by atoms with Crippen molar-refractivity contribution < 1.29 is 44.6 Å². The first-order valence-electron chi connectivity index (χ1n) is 2.10. The summed E-state index contributed by atoms with van der Waals surface area (Å²) >= 11 is 0. The topological polar surface area (TPSA) is 57.5 Å². The fourth-order valence-corrected chi connectivity index (χ4v) is 0.230. The molecular formula is C4H8NaO3+. The summed E-state index contributed by atoms with van der Waals surface area (Å²) in [6.45, 7) is -0.0354. The molecule has 0 unspecified atom stereocenters. The van der Waals surface area contributed by atoms with E-state index in [-0.39, 0.29) is 42.6 Å². The molecule has 0 bridgehead atoms. The Morgan fingerprint density at radius 2 is 2.00 bits per heavy atom. The molecule has 0 amide bonds. The van der Waals surface area contributed by atoms with Gasteiger partial charge in [0.05, 0.1) is 0 Å². The van der Waals surface area contributed by atoms with Gasteiger partial charge in [0, 0.05) is 13.0 Å². The third kappa shape index (κ3) is 9.66. The summed E-state index contributed by atoms with van der Waals surface area (Å²) in [5.74, 6) is -0.853. The van der Waals surface area contributed by atoms with Crippen LogP contribution in [-0.4, -0.2) is 22.8 Å². The Bertz CT molecular complexity index is 64.3. The van der Waals surface area contributed by atoms with Crippen molar-refractivity contribution in [3.8, 4) is 0 Å². The van der Waals surface area contributed by atoms with Crippen LogP contribution in [0, 0.1) is 0 Å². The molecule has 0 aromatic rings. The van der Waals surface area contributed by atoms with E-state index in [1.54, 1.807) is 0 Å². The van der Waals surface area contributed by atoms with Crippen LogP contribution in [0.2, 0.25) is 0 Å². The van der Waals surface area contributed by atoms with E-state index >= 15 is 0 Å². The zero-order valence-electron chi connectivity index (χ0n) is 4.92. The van der Waals surface area contributed by atoms with Crippen LogP contribution >= 0.6 is 0 Å². The molecule has 0 radical (unpaired) electrons. The molecule has 0 aliphatic rings. The maximum Gasteiger partial charge on any atom is 1.00 e. The number of hydrogen-bond donors (Lipinski definition) is 2. The van der Waals surface area contributed by atoms with Crippen LogP contribution in [-0.2, 0) is 4.79 Å². The van der Waals surface area contributed by atoms with Crippen LogP contribution < -0.4 is 29.6 Å². The molecule has 0 spiro atoms. The Balaban J connectivity index is 0. The number of carbonyl (C=O) groups is 1. The molecule has 3 nitrogen and oxygen atoms in total. The maximum atomic E-state index is 9.65. The van der Waals surface area contributed by atoms with E-state index < -0.39 is 5.97 Å². The SMILES string of the molecule is O=C(O)CCCO.[Na+]. The van der Waals surface area contributed by atoms with E-state index in [1.165, 1.54) is 0 Å². The Labute approximate surface area is 70.0 Å².